The van der Waals surface area contributed by atoms with Crippen LogP contribution in [0.1, 0.15) is 47.2 Å². The zero-order chi connectivity index (χ0) is 24.1. The number of aryl methyl sites for hydroxylation is 2. The predicted molar refractivity (Wildman–Crippen MR) is 133 cm³/mol. The minimum atomic E-state index is -0.462. The quantitative estimate of drug-likeness (QED) is 0.435. The molecule has 0 saturated heterocycles. The van der Waals surface area contributed by atoms with Gasteiger partial charge >= 0.3 is 12.0 Å². The molecule has 34 heavy (non-hydrogen) atoms. The Bertz CT molecular complexity index is 1210. The van der Waals surface area contributed by atoms with Crippen LogP contribution in [0.15, 0.2) is 54.6 Å². The SMILES string of the molecule is Cc1cccc(C)c1NC(=O)Nc1cc2ccccc2cc1C(=O)NCC(=O)OC1CCCC1. The molecule has 0 radical (unpaired) electrons. The number of carbonyl (C=O) groups is 3. The molecule has 1 fully saturated rings. The molecule has 0 aliphatic heterocycles. The molecular weight excluding hydrogens is 430 g/mol. The van der Waals surface area contributed by atoms with Crippen molar-refractivity contribution >= 4 is 40.1 Å². The van der Waals surface area contributed by atoms with Gasteiger partial charge in [0.25, 0.3) is 5.91 Å². The number of fused-ring (bicyclic) bond motifs is 1. The van der Waals surface area contributed by atoms with Crippen molar-refractivity contribution in [3.05, 3.63) is 71.3 Å². The lowest BCUT2D eigenvalue weighted by atomic mass is 10.0. The molecule has 7 nitrogen and oxygen atoms in total. The van der Waals surface area contributed by atoms with E-state index in [2.05, 4.69) is 16.0 Å². The monoisotopic (exact) mass is 459 g/mol. The molecule has 3 aromatic rings. The number of urea groups is 1. The maximum Gasteiger partial charge on any atom is 0.325 e. The number of hydrogen-bond acceptors (Lipinski definition) is 4. The van der Waals surface area contributed by atoms with Gasteiger partial charge in [-0.1, -0.05) is 42.5 Å². The van der Waals surface area contributed by atoms with Crippen molar-refractivity contribution in [3.8, 4) is 0 Å². The Morgan fingerprint density at radius 1 is 0.882 bits per heavy atom. The van der Waals surface area contributed by atoms with Gasteiger partial charge in [-0.25, -0.2) is 4.79 Å². The fourth-order valence-corrected chi connectivity index (χ4v) is 4.29. The van der Waals surface area contributed by atoms with Crippen molar-refractivity contribution in [1.82, 2.24) is 5.32 Å². The Hall–Kier alpha value is -3.87. The third-order valence-corrected chi connectivity index (χ3v) is 6.09. The molecule has 0 unspecified atom stereocenters. The summed E-state index contributed by atoms with van der Waals surface area (Å²) in [7, 11) is 0. The van der Waals surface area contributed by atoms with Gasteiger partial charge in [0.15, 0.2) is 0 Å². The molecule has 1 aliphatic carbocycles. The summed E-state index contributed by atoms with van der Waals surface area (Å²) in [5.41, 5.74) is 3.22. The van der Waals surface area contributed by atoms with E-state index in [4.69, 9.17) is 4.74 Å². The van der Waals surface area contributed by atoms with E-state index in [1.54, 1.807) is 12.1 Å². The van der Waals surface area contributed by atoms with Crippen molar-refractivity contribution in [2.75, 3.05) is 17.2 Å². The van der Waals surface area contributed by atoms with E-state index in [9.17, 15) is 14.4 Å². The Morgan fingerprint density at radius 2 is 1.53 bits per heavy atom. The number of para-hydroxylation sites is 1. The van der Waals surface area contributed by atoms with Crippen LogP contribution in [-0.2, 0) is 9.53 Å². The summed E-state index contributed by atoms with van der Waals surface area (Å²) in [5.74, 6) is -0.917. The second-order valence-corrected chi connectivity index (χ2v) is 8.67. The van der Waals surface area contributed by atoms with Crippen molar-refractivity contribution in [2.24, 2.45) is 0 Å². The highest BCUT2D eigenvalue weighted by Crippen LogP contribution is 2.26. The lowest BCUT2D eigenvalue weighted by Crippen LogP contribution is -2.33. The van der Waals surface area contributed by atoms with Gasteiger partial charge in [-0.2, -0.15) is 0 Å². The first-order valence-corrected chi connectivity index (χ1v) is 11.6. The van der Waals surface area contributed by atoms with Crippen LogP contribution >= 0.6 is 0 Å². The molecule has 0 bridgehead atoms. The molecule has 0 heterocycles. The number of anilines is 2. The van der Waals surface area contributed by atoms with Gasteiger partial charge in [0, 0.05) is 5.69 Å². The summed E-state index contributed by atoms with van der Waals surface area (Å²) in [6.07, 6.45) is 3.79. The molecule has 0 aromatic heterocycles. The highest BCUT2D eigenvalue weighted by Gasteiger charge is 2.21. The largest absolute Gasteiger partial charge is 0.461 e. The molecule has 7 heteroatoms. The van der Waals surface area contributed by atoms with E-state index in [0.717, 1.165) is 53.3 Å². The van der Waals surface area contributed by atoms with Gasteiger partial charge < -0.3 is 20.7 Å². The van der Waals surface area contributed by atoms with Crippen molar-refractivity contribution in [1.29, 1.82) is 0 Å². The molecule has 176 valence electrons. The number of carbonyl (C=O) groups excluding carboxylic acids is 3. The Morgan fingerprint density at radius 3 is 2.21 bits per heavy atom. The zero-order valence-electron chi connectivity index (χ0n) is 19.4. The van der Waals surface area contributed by atoms with Gasteiger partial charge in [0.05, 0.1) is 11.3 Å². The second kappa shape index (κ2) is 10.4. The predicted octanol–water partition coefficient (Wildman–Crippen LogP) is 5.32. The Kier molecular flexibility index (Phi) is 7.11. The van der Waals surface area contributed by atoms with E-state index < -0.39 is 17.9 Å². The van der Waals surface area contributed by atoms with E-state index in [1.807, 2.05) is 56.3 Å². The smallest absolute Gasteiger partial charge is 0.325 e. The van der Waals surface area contributed by atoms with E-state index in [0.29, 0.717) is 5.69 Å². The number of hydrogen-bond donors (Lipinski definition) is 3. The first-order valence-electron chi connectivity index (χ1n) is 11.6. The molecule has 0 atom stereocenters. The van der Waals surface area contributed by atoms with Gasteiger partial charge in [-0.05, 0) is 73.6 Å². The molecule has 0 spiro atoms. The summed E-state index contributed by atoms with van der Waals surface area (Å²) in [5, 5.41) is 10.0. The molecule has 3 aromatic carbocycles. The first kappa shape index (κ1) is 23.3. The summed E-state index contributed by atoms with van der Waals surface area (Å²) >= 11 is 0. The number of ether oxygens (including phenoxy) is 1. The first-order chi connectivity index (χ1) is 16.4. The van der Waals surface area contributed by atoms with Crippen molar-refractivity contribution in [3.63, 3.8) is 0 Å². The molecular formula is C27H29N3O4. The normalized spacial score (nSPS) is 13.5. The van der Waals surface area contributed by atoms with Gasteiger partial charge in [-0.15, -0.1) is 0 Å². The molecule has 4 rings (SSSR count). The van der Waals surface area contributed by atoms with Crippen LogP contribution < -0.4 is 16.0 Å². The van der Waals surface area contributed by atoms with Gasteiger partial charge in [0.2, 0.25) is 0 Å². The van der Waals surface area contributed by atoms with Crippen LogP contribution in [0.25, 0.3) is 10.8 Å². The third kappa shape index (κ3) is 5.54. The topological polar surface area (TPSA) is 96.5 Å². The molecule has 3 amide bonds. The summed E-state index contributed by atoms with van der Waals surface area (Å²) < 4.78 is 5.42. The maximum atomic E-state index is 13.0. The fourth-order valence-electron chi connectivity index (χ4n) is 4.29. The van der Waals surface area contributed by atoms with Crippen LogP contribution in [0.4, 0.5) is 16.2 Å². The lowest BCUT2D eigenvalue weighted by Gasteiger charge is -2.16. The number of benzene rings is 3. The van der Waals surface area contributed by atoms with Gasteiger partial charge in [0.1, 0.15) is 12.6 Å². The van der Waals surface area contributed by atoms with Crippen molar-refractivity contribution in [2.45, 2.75) is 45.6 Å². The van der Waals surface area contributed by atoms with Crippen LogP contribution in [0.5, 0.6) is 0 Å². The maximum absolute atomic E-state index is 13.0. The fraction of sp³-hybridized carbons (Fsp3) is 0.296. The summed E-state index contributed by atoms with van der Waals surface area (Å²) in [6, 6.07) is 16.3. The third-order valence-electron chi connectivity index (χ3n) is 6.09. The minimum absolute atomic E-state index is 0.0594. The zero-order valence-corrected chi connectivity index (χ0v) is 19.4. The van der Waals surface area contributed by atoms with E-state index in [1.165, 1.54) is 0 Å². The highest BCUT2D eigenvalue weighted by molar-refractivity contribution is 6.10. The van der Waals surface area contributed by atoms with Crippen LogP contribution in [-0.4, -0.2) is 30.6 Å². The summed E-state index contributed by atoms with van der Waals surface area (Å²) in [4.78, 5) is 38.0. The minimum Gasteiger partial charge on any atom is -0.461 e. The average Bonchev–Trinajstić information content (AvgIpc) is 3.32. The average molecular weight is 460 g/mol. The summed E-state index contributed by atoms with van der Waals surface area (Å²) in [6.45, 7) is 3.61. The molecule has 3 N–H and O–H groups in total. The Labute approximate surface area is 198 Å². The molecule has 1 saturated carbocycles. The standard InChI is InChI=1S/C27H29N3O4/c1-17-8-7-9-18(2)25(17)30-27(33)29-23-15-20-11-4-3-10-19(20)14-22(23)26(32)28-16-24(31)34-21-12-5-6-13-21/h3-4,7-11,14-15,21H,5-6,12-13,16H2,1-2H3,(H,28,32)(H2,29,30,33). The Balaban J connectivity index is 1.51. The van der Waals surface area contributed by atoms with E-state index >= 15 is 0 Å². The number of rotatable bonds is 6. The van der Waals surface area contributed by atoms with Crippen LogP contribution in [0.2, 0.25) is 0 Å². The second-order valence-electron chi connectivity index (χ2n) is 8.67. The number of amides is 3. The highest BCUT2D eigenvalue weighted by atomic mass is 16.5. The van der Waals surface area contributed by atoms with E-state index in [-0.39, 0.29) is 18.2 Å². The van der Waals surface area contributed by atoms with Crippen LogP contribution in [0.3, 0.4) is 0 Å². The number of nitrogens with one attached hydrogen (secondary N) is 3. The number of esters is 1. The molecule has 1 aliphatic rings. The van der Waals surface area contributed by atoms with Crippen molar-refractivity contribution < 1.29 is 19.1 Å². The lowest BCUT2D eigenvalue weighted by molar-refractivity contribution is -0.147. The van der Waals surface area contributed by atoms with Gasteiger partial charge in [-0.3, -0.25) is 9.59 Å². The van der Waals surface area contributed by atoms with Crippen LogP contribution in [0, 0.1) is 13.8 Å².